The van der Waals surface area contributed by atoms with E-state index in [4.69, 9.17) is 9.15 Å². The lowest BCUT2D eigenvalue weighted by molar-refractivity contribution is -0.122. The van der Waals surface area contributed by atoms with Crippen LogP contribution in [0.1, 0.15) is 22.5 Å². The highest BCUT2D eigenvalue weighted by Gasteiger charge is 2.34. The van der Waals surface area contributed by atoms with Gasteiger partial charge in [-0.2, -0.15) is 5.10 Å². The fourth-order valence-electron chi connectivity index (χ4n) is 3.60. The third-order valence-electron chi connectivity index (χ3n) is 5.44. The predicted molar refractivity (Wildman–Crippen MR) is 144 cm³/mol. The summed E-state index contributed by atoms with van der Waals surface area (Å²) < 4.78 is 11.4. The molecule has 36 heavy (non-hydrogen) atoms. The van der Waals surface area contributed by atoms with E-state index in [1.165, 1.54) is 11.8 Å². The number of hydrogen-bond acceptors (Lipinski definition) is 6. The number of amidine groups is 1. The summed E-state index contributed by atoms with van der Waals surface area (Å²) in [6, 6.07) is 28.7. The molecule has 5 rings (SSSR count). The molecular weight excluding hydrogens is 470 g/mol. The second-order valence-electron chi connectivity index (χ2n) is 8.05. The number of para-hydroxylation sites is 1. The summed E-state index contributed by atoms with van der Waals surface area (Å²) in [7, 11) is 0. The van der Waals surface area contributed by atoms with Crippen molar-refractivity contribution in [2.75, 3.05) is 0 Å². The molecule has 0 bridgehead atoms. The maximum Gasteiger partial charge on any atom is 0.267 e. The summed E-state index contributed by atoms with van der Waals surface area (Å²) in [5.41, 5.74) is 2.92. The first-order valence-corrected chi connectivity index (χ1v) is 12.2. The van der Waals surface area contributed by atoms with Crippen LogP contribution in [0.25, 0.3) is 6.08 Å². The van der Waals surface area contributed by atoms with Crippen LogP contribution in [0.3, 0.4) is 0 Å². The number of furan rings is 1. The van der Waals surface area contributed by atoms with E-state index in [2.05, 4.69) is 10.2 Å². The Bertz CT molecular complexity index is 1440. The van der Waals surface area contributed by atoms with E-state index in [0.29, 0.717) is 21.6 Å². The minimum absolute atomic E-state index is 0.133. The molecule has 0 spiro atoms. The molecule has 2 heterocycles. The molecule has 4 aromatic rings. The molecule has 1 saturated heterocycles. The number of carbonyl (C=O) groups excluding carboxylic acids is 1. The number of aryl methyl sites for hydroxylation is 1. The van der Waals surface area contributed by atoms with E-state index in [-0.39, 0.29) is 12.5 Å². The molecular formula is C29H23N3O3S. The normalized spacial score (nSPS) is 15.9. The largest absolute Gasteiger partial charge is 0.467 e. The minimum Gasteiger partial charge on any atom is -0.467 e. The molecule has 1 fully saturated rings. The van der Waals surface area contributed by atoms with Gasteiger partial charge in [0.2, 0.25) is 0 Å². The molecule has 7 heteroatoms. The Morgan fingerprint density at radius 3 is 2.56 bits per heavy atom. The van der Waals surface area contributed by atoms with Crippen molar-refractivity contribution in [3.8, 4) is 11.5 Å². The lowest BCUT2D eigenvalue weighted by Gasteiger charge is -2.12. The highest BCUT2D eigenvalue weighted by molar-refractivity contribution is 8.18. The van der Waals surface area contributed by atoms with Crippen LogP contribution in [0.15, 0.2) is 117 Å². The van der Waals surface area contributed by atoms with Gasteiger partial charge in [-0.15, -0.1) is 5.10 Å². The van der Waals surface area contributed by atoms with Crippen LogP contribution in [0.4, 0.5) is 0 Å². The van der Waals surface area contributed by atoms with Gasteiger partial charge in [0.25, 0.3) is 5.91 Å². The first kappa shape index (κ1) is 23.4. The van der Waals surface area contributed by atoms with Crippen molar-refractivity contribution in [1.82, 2.24) is 4.90 Å². The quantitative estimate of drug-likeness (QED) is 0.160. The molecule has 0 saturated carbocycles. The summed E-state index contributed by atoms with van der Waals surface area (Å²) in [5, 5.41) is 9.16. The van der Waals surface area contributed by atoms with Gasteiger partial charge < -0.3 is 9.15 Å². The van der Waals surface area contributed by atoms with Gasteiger partial charge in [-0.3, -0.25) is 9.69 Å². The van der Waals surface area contributed by atoms with Gasteiger partial charge in [-0.25, -0.2) is 0 Å². The standard InChI is InChI=1S/C29H23N3O3S/c1-21-9-5-6-11-23(21)18-27-28(33)32(20-26-15-8-16-34-26)29(36-27)31-30-19-22-10-7-14-25(17-22)35-24-12-3-2-4-13-24/h2-19H,20H2,1H3/b27-18-,30-19-,31-29+. The monoisotopic (exact) mass is 493 g/mol. The number of ether oxygens (including phenoxy) is 1. The molecule has 178 valence electrons. The van der Waals surface area contributed by atoms with Gasteiger partial charge in [-0.05, 0) is 77.9 Å². The number of benzene rings is 3. The van der Waals surface area contributed by atoms with Crippen molar-refractivity contribution in [1.29, 1.82) is 0 Å². The number of amides is 1. The van der Waals surface area contributed by atoms with Crippen LogP contribution in [0.2, 0.25) is 0 Å². The Morgan fingerprint density at radius 2 is 1.75 bits per heavy atom. The molecule has 0 atom stereocenters. The van der Waals surface area contributed by atoms with E-state index < -0.39 is 0 Å². The summed E-state index contributed by atoms with van der Waals surface area (Å²) in [4.78, 5) is 15.4. The molecule has 1 aliphatic heterocycles. The molecule has 6 nitrogen and oxygen atoms in total. The Hall–Kier alpha value is -4.36. The van der Waals surface area contributed by atoms with Crippen molar-refractivity contribution in [3.63, 3.8) is 0 Å². The van der Waals surface area contributed by atoms with E-state index in [9.17, 15) is 4.79 Å². The Morgan fingerprint density at radius 1 is 0.944 bits per heavy atom. The highest BCUT2D eigenvalue weighted by atomic mass is 32.2. The number of thioether (sulfide) groups is 1. The molecule has 1 aliphatic rings. The van der Waals surface area contributed by atoms with Crippen molar-refractivity contribution in [2.45, 2.75) is 13.5 Å². The first-order chi connectivity index (χ1) is 17.7. The molecule has 1 amide bonds. The van der Waals surface area contributed by atoms with Crippen molar-refractivity contribution in [2.24, 2.45) is 10.2 Å². The molecule has 0 N–H and O–H groups in total. The van der Waals surface area contributed by atoms with Gasteiger partial charge in [-0.1, -0.05) is 54.6 Å². The van der Waals surface area contributed by atoms with Crippen molar-refractivity contribution in [3.05, 3.63) is 125 Å². The van der Waals surface area contributed by atoms with E-state index in [1.807, 2.05) is 97.9 Å². The Kier molecular flexibility index (Phi) is 7.10. The lowest BCUT2D eigenvalue weighted by atomic mass is 10.1. The summed E-state index contributed by atoms with van der Waals surface area (Å²) >= 11 is 1.30. The maximum absolute atomic E-state index is 13.3. The number of nitrogens with zero attached hydrogens (tertiary/aromatic N) is 3. The van der Waals surface area contributed by atoms with Crippen LogP contribution in [-0.4, -0.2) is 22.2 Å². The zero-order chi connectivity index (χ0) is 24.7. The smallest absolute Gasteiger partial charge is 0.267 e. The Balaban J connectivity index is 1.38. The van der Waals surface area contributed by atoms with Crippen LogP contribution < -0.4 is 4.74 Å². The zero-order valence-corrected chi connectivity index (χ0v) is 20.4. The fourth-order valence-corrected chi connectivity index (χ4v) is 4.52. The molecule has 0 unspecified atom stereocenters. The predicted octanol–water partition coefficient (Wildman–Crippen LogP) is 6.89. The molecule has 0 radical (unpaired) electrons. The second kappa shape index (κ2) is 10.9. The van der Waals surface area contributed by atoms with E-state index >= 15 is 0 Å². The average molecular weight is 494 g/mol. The Labute approximate surface area is 213 Å². The summed E-state index contributed by atoms with van der Waals surface area (Å²) in [6.07, 6.45) is 5.13. The highest BCUT2D eigenvalue weighted by Crippen LogP contribution is 2.34. The van der Waals surface area contributed by atoms with Crippen molar-refractivity contribution < 1.29 is 13.9 Å². The fraction of sp³-hybridized carbons (Fsp3) is 0.0690. The second-order valence-corrected chi connectivity index (χ2v) is 9.06. The minimum atomic E-state index is -0.133. The van der Waals surface area contributed by atoms with E-state index in [1.54, 1.807) is 23.4 Å². The lowest BCUT2D eigenvalue weighted by Crippen LogP contribution is -2.28. The van der Waals surface area contributed by atoms with Gasteiger partial charge in [0, 0.05) is 0 Å². The van der Waals surface area contributed by atoms with E-state index in [0.717, 1.165) is 22.4 Å². The first-order valence-electron chi connectivity index (χ1n) is 11.4. The number of rotatable bonds is 7. The topological polar surface area (TPSA) is 67.4 Å². The zero-order valence-electron chi connectivity index (χ0n) is 19.6. The van der Waals surface area contributed by atoms with Gasteiger partial charge in [0.1, 0.15) is 17.3 Å². The molecule has 3 aromatic carbocycles. The van der Waals surface area contributed by atoms with Crippen LogP contribution >= 0.6 is 11.8 Å². The van der Waals surface area contributed by atoms with Gasteiger partial charge >= 0.3 is 0 Å². The average Bonchev–Trinajstić information content (AvgIpc) is 3.51. The number of hydrogen-bond donors (Lipinski definition) is 0. The SMILES string of the molecule is Cc1ccccc1/C=C1\S/C(=N/N=C\c2cccc(Oc3ccccc3)c2)N(Cc2ccco2)C1=O. The molecule has 0 aliphatic carbocycles. The maximum atomic E-state index is 13.3. The van der Waals surface area contributed by atoms with Gasteiger partial charge in [0.05, 0.1) is 23.9 Å². The summed E-state index contributed by atoms with van der Waals surface area (Å²) in [6.45, 7) is 2.30. The third kappa shape index (κ3) is 5.64. The van der Waals surface area contributed by atoms with Crippen molar-refractivity contribution >= 4 is 35.1 Å². The van der Waals surface area contributed by atoms with Crippen LogP contribution in [-0.2, 0) is 11.3 Å². The van der Waals surface area contributed by atoms with Gasteiger partial charge in [0.15, 0.2) is 5.17 Å². The third-order valence-corrected chi connectivity index (χ3v) is 6.44. The van der Waals surface area contributed by atoms with Crippen LogP contribution in [0.5, 0.6) is 11.5 Å². The summed E-state index contributed by atoms with van der Waals surface area (Å²) in [5.74, 6) is 2.00. The van der Waals surface area contributed by atoms with Crippen LogP contribution in [0, 0.1) is 6.92 Å². The number of carbonyl (C=O) groups is 1. The molecule has 1 aromatic heterocycles.